The monoisotopic (exact) mass is 352 g/mol. The van der Waals surface area contributed by atoms with E-state index in [1.807, 2.05) is 42.5 Å². The van der Waals surface area contributed by atoms with Crippen LogP contribution in [-0.4, -0.2) is 24.9 Å². The third-order valence-corrected chi connectivity index (χ3v) is 4.69. The van der Waals surface area contributed by atoms with Crippen LogP contribution in [0.2, 0.25) is 0 Å². The lowest BCUT2D eigenvalue weighted by atomic mass is 9.99. The maximum atomic E-state index is 6.24. The van der Waals surface area contributed by atoms with Gasteiger partial charge in [0.25, 0.3) is 0 Å². The summed E-state index contributed by atoms with van der Waals surface area (Å²) in [5, 5.41) is 0. The standard InChI is InChI=1S/C23H28O3/c1-2-9-21-14-15-22(25-17-20-12-7-4-8-13-20)23(26-21)18-24-16-19-10-5-3-6-11-19/h2-8,10-13,21-23H,1,9,14-18H2/t21-,22+,23-/m1/s1. The van der Waals surface area contributed by atoms with E-state index >= 15 is 0 Å². The fourth-order valence-electron chi connectivity index (χ4n) is 3.28. The molecule has 0 N–H and O–H groups in total. The second kappa shape index (κ2) is 10.3. The Morgan fingerprint density at radius 1 is 0.923 bits per heavy atom. The Hall–Kier alpha value is -1.94. The molecule has 26 heavy (non-hydrogen) atoms. The maximum Gasteiger partial charge on any atom is 0.107 e. The number of ether oxygens (including phenoxy) is 3. The van der Waals surface area contributed by atoms with E-state index in [-0.39, 0.29) is 18.3 Å². The SMILES string of the molecule is C=CC[C@@H]1CC[C@H](OCc2ccccc2)[C@@H](COCc2ccccc2)O1. The van der Waals surface area contributed by atoms with Crippen LogP contribution in [0.15, 0.2) is 73.3 Å². The minimum atomic E-state index is -0.0406. The van der Waals surface area contributed by atoms with Gasteiger partial charge in [-0.3, -0.25) is 0 Å². The van der Waals surface area contributed by atoms with Gasteiger partial charge in [0.15, 0.2) is 0 Å². The van der Waals surface area contributed by atoms with E-state index in [1.165, 1.54) is 11.1 Å². The number of benzene rings is 2. The van der Waals surface area contributed by atoms with Crippen molar-refractivity contribution in [1.82, 2.24) is 0 Å². The van der Waals surface area contributed by atoms with Crippen LogP contribution < -0.4 is 0 Å². The van der Waals surface area contributed by atoms with Crippen molar-refractivity contribution >= 4 is 0 Å². The first-order chi connectivity index (χ1) is 12.8. The molecule has 0 bridgehead atoms. The molecule has 1 aliphatic rings. The Morgan fingerprint density at radius 3 is 2.23 bits per heavy atom. The zero-order chi connectivity index (χ0) is 18.0. The van der Waals surface area contributed by atoms with Gasteiger partial charge in [0.1, 0.15) is 6.10 Å². The van der Waals surface area contributed by atoms with Gasteiger partial charge in [0.2, 0.25) is 0 Å². The van der Waals surface area contributed by atoms with E-state index in [9.17, 15) is 0 Å². The smallest absolute Gasteiger partial charge is 0.107 e. The molecule has 2 aromatic rings. The Kier molecular flexibility index (Phi) is 7.44. The summed E-state index contributed by atoms with van der Waals surface area (Å²) in [5.41, 5.74) is 2.36. The van der Waals surface area contributed by atoms with Crippen LogP contribution in [0.5, 0.6) is 0 Å². The van der Waals surface area contributed by atoms with Crippen LogP contribution in [0.4, 0.5) is 0 Å². The Labute approximate surface area is 156 Å². The third kappa shape index (κ3) is 5.80. The lowest BCUT2D eigenvalue weighted by Crippen LogP contribution is -2.43. The van der Waals surface area contributed by atoms with Gasteiger partial charge in [-0.2, -0.15) is 0 Å². The summed E-state index contributed by atoms with van der Waals surface area (Å²) in [6.07, 6.45) is 5.03. The molecule has 1 aliphatic heterocycles. The van der Waals surface area contributed by atoms with Crippen molar-refractivity contribution in [2.45, 2.75) is 50.8 Å². The van der Waals surface area contributed by atoms with Crippen LogP contribution in [-0.2, 0) is 27.4 Å². The molecule has 0 aliphatic carbocycles. The maximum absolute atomic E-state index is 6.24. The highest BCUT2D eigenvalue weighted by molar-refractivity contribution is 5.14. The summed E-state index contributed by atoms with van der Waals surface area (Å²) in [7, 11) is 0. The predicted molar refractivity (Wildman–Crippen MR) is 104 cm³/mol. The second-order valence-corrected chi connectivity index (χ2v) is 6.73. The quantitative estimate of drug-likeness (QED) is 0.600. The Balaban J connectivity index is 1.53. The first kappa shape index (κ1) is 18.8. The van der Waals surface area contributed by atoms with Crippen LogP contribution in [0.1, 0.15) is 30.4 Å². The molecule has 0 radical (unpaired) electrons. The van der Waals surface area contributed by atoms with Gasteiger partial charge in [-0.1, -0.05) is 66.7 Å². The molecule has 3 atom stereocenters. The summed E-state index contributed by atoms with van der Waals surface area (Å²) in [6, 6.07) is 20.5. The fraction of sp³-hybridized carbons (Fsp3) is 0.391. The van der Waals surface area contributed by atoms with Crippen LogP contribution in [0.3, 0.4) is 0 Å². The first-order valence-electron chi connectivity index (χ1n) is 9.38. The Bertz CT molecular complexity index is 641. The molecule has 3 rings (SSSR count). The molecular weight excluding hydrogens is 324 g/mol. The molecule has 3 heteroatoms. The van der Waals surface area contributed by atoms with E-state index in [0.29, 0.717) is 19.8 Å². The van der Waals surface area contributed by atoms with Crippen LogP contribution >= 0.6 is 0 Å². The van der Waals surface area contributed by atoms with Crippen molar-refractivity contribution < 1.29 is 14.2 Å². The third-order valence-electron chi connectivity index (χ3n) is 4.69. The average Bonchev–Trinajstić information content (AvgIpc) is 2.69. The fourth-order valence-corrected chi connectivity index (χ4v) is 3.28. The van der Waals surface area contributed by atoms with Gasteiger partial charge in [0, 0.05) is 0 Å². The summed E-state index contributed by atoms with van der Waals surface area (Å²) in [5.74, 6) is 0. The molecule has 0 spiro atoms. The summed E-state index contributed by atoms with van der Waals surface area (Å²) >= 11 is 0. The lowest BCUT2D eigenvalue weighted by molar-refractivity contribution is -0.165. The highest BCUT2D eigenvalue weighted by atomic mass is 16.6. The molecular formula is C23H28O3. The highest BCUT2D eigenvalue weighted by Gasteiger charge is 2.31. The molecule has 1 saturated heterocycles. The van der Waals surface area contributed by atoms with E-state index in [0.717, 1.165) is 19.3 Å². The molecule has 1 fully saturated rings. The predicted octanol–water partition coefficient (Wildman–Crippen LogP) is 4.91. The Morgan fingerprint density at radius 2 is 1.58 bits per heavy atom. The topological polar surface area (TPSA) is 27.7 Å². The first-order valence-corrected chi connectivity index (χ1v) is 9.38. The minimum absolute atomic E-state index is 0.0406. The molecule has 0 unspecified atom stereocenters. The molecule has 138 valence electrons. The molecule has 3 nitrogen and oxygen atoms in total. The largest absolute Gasteiger partial charge is 0.374 e. The van der Waals surface area contributed by atoms with Crippen LogP contribution in [0.25, 0.3) is 0 Å². The summed E-state index contributed by atoms with van der Waals surface area (Å²) in [6.45, 7) is 5.58. The molecule has 0 saturated carbocycles. The lowest BCUT2D eigenvalue weighted by Gasteiger charge is -2.36. The minimum Gasteiger partial charge on any atom is -0.374 e. The molecule has 0 amide bonds. The van der Waals surface area contributed by atoms with E-state index in [1.54, 1.807) is 0 Å². The number of rotatable bonds is 9. The van der Waals surface area contributed by atoms with Gasteiger partial charge in [-0.05, 0) is 30.4 Å². The average molecular weight is 352 g/mol. The molecule has 0 aromatic heterocycles. The zero-order valence-corrected chi connectivity index (χ0v) is 15.3. The summed E-state index contributed by atoms with van der Waals surface area (Å²) < 4.78 is 18.4. The van der Waals surface area contributed by atoms with Crippen molar-refractivity contribution in [2.24, 2.45) is 0 Å². The van der Waals surface area contributed by atoms with Crippen LogP contribution in [0, 0.1) is 0 Å². The summed E-state index contributed by atoms with van der Waals surface area (Å²) in [4.78, 5) is 0. The molecule has 2 aromatic carbocycles. The van der Waals surface area contributed by atoms with E-state index in [2.05, 4.69) is 30.8 Å². The van der Waals surface area contributed by atoms with E-state index < -0.39 is 0 Å². The second-order valence-electron chi connectivity index (χ2n) is 6.73. The highest BCUT2D eigenvalue weighted by Crippen LogP contribution is 2.25. The van der Waals surface area contributed by atoms with Crippen molar-refractivity contribution in [1.29, 1.82) is 0 Å². The van der Waals surface area contributed by atoms with Crippen molar-refractivity contribution in [2.75, 3.05) is 6.61 Å². The number of hydrogen-bond donors (Lipinski definition) is 0. The van der Waals surface area contributed by atoms with E-state index in [4.69, 9.17) is 14.2 Å². The van der Waals surface area contributed by atoms with Crippen molar-refractivity contribution in [3.05, 3.63) is 84.4 Å². The van der Waals surface area contributed by atoms with Gasteiger partial charge >= 0.3 is 0 Å². The van der Waals surface area contributed by atoms with Gasteiger partial charge in [0.05, 0.1) is 32.0 Å². The van der Waals surface area contributed by atoms with Crippen molar-refractivity contribution in [3.63, 3.8) is 0 Å². The van der Waals surface area contributed by atoms with Crippen molar-refractivity contribution in [3.8, 4) is 0 Å². The van der Waals surface area contributed by atoms with Gasteiger partial charge in [-0.15, -0.1) is 6.58 Å². The zero-order valence-electron chi connectivity index (χ0n) is 15.3. The molecule has 1 heterocycles. The van der Waals surface area contributed by atoms with Gasteiger partial charge in [-0.25, -0.2) is 0 Å². The number of hydrogen-bond acceptors (Lipinski definition) is 3. The normalized spacial score (nSPS) is 22.8. The van der Waals surface area contributed by atoms with Gasteiger partial charge < -0.3 is 14.2 Å².